The Balaban J connectivity index is 1.90. The van der Waals surface area contributed by atoms with Gasteiger partial charge in [-0.2, -0.15) is 0 Å². The molecular weight excluding hydrogens is 258 g/mol. The minimum atomic E-state index is -0.788. The SMILES string of the molecule is NC(=O)OCc1cn2c(N3CCNCC3)cccc2n1. The molecule has 0 aromatic carbocycles. The molecule has 106 valence electrons. The van der Waals surface area contributed by atoms with Crippen LogP contribution in [0.5, 0.6) is 0 Å². The van der Waals surface area contributed by atoms with E-state index < -0.39 is 6.09 Å². The molecule has 7 nitrogen and oxygen atoms in total. The fourth-order valence-corrected chi connectivity index (χ4v) is 2.41. The van der Waals surface area contributed by atoms with Crippen molar-refractivity contribution in [3.05, 3.63) is 30.1 Å². The zero-order chi connectivity index (χ0) is 13.9. The normalized spacial score (nSPS) is 15.5. The van der Waals surface area contributed by atoms with Crippen molar-refractivity contribution in [2.24, 2.45) is 5.73 Å². The zero-order valence-electron chi connectivity index (χ0n) is 11.1. The molecule has 3 N–H and O–H groups in total. The van der Waals surface area contributed by atoms with E-state index in [9.17, 15) is 4.79 Å². The highest BCUT2D eigenvalue weighted by Gasteiger charge is 2.14. The summed E-state index contributed by atoms with van der Waals surface area (Å²) in [6.07, 6.45) is 1.10. The average molecular weight is 275 g/mol. The van der Waals surface area contributed by atoms with E-state index in [2.05, 4.69) is 21.3 Å². The van der Waals surface area contributed by atoms with Crippen LogP contribution in [-0.4, -0.2) is 41.7 Å². The summed E-state index contributed by atoms with van der Waals surface area (Å²) in [4.78, 5) is 17.4. The summed E-state index contributed by atoms with van der Waals surface area (Å²) >= 11 is 0. The van der Waals surface area contributed by atoms with Gasteiger partial charge in [-0.15, -0.1) is 0 Å². The molecule has 0 radical (unpaired) electrons. The number of rotatable bonds is 3. The lowest BCUT2D eigenvalue weighted by molar-refractivity contribution is 0.149. The van der Waals surface area contributed by atoms with Crippen LogP contribution in [-0.2, 0) is 11.3 Å². The summed E-state index contributed by atoms with van der Waals surface area (Å²) < 4.78 is 6.80. The fraction of sp³-hybridized carbons (Fsp3) is 0.385. The number of anilines is 1. The predicted molar refractivity (Wildman–Crippen MR) is 74.6 cm³/mol. The van der Waals surface area contributed by atoms with Crippen LogP contribution in [0.25, 0.3) is 5.65 Å². The lowest BCUT2D eigenvalue weighted by Gasteiger charge is -2.29. The minimum absolute atomic E-state index is 0.0952. The summed E-state index contributed by atoms with van der Waals surface area (Å²) in [6.45, 7) is 3.97. The topological polar surface area (TPSA) is 84.9 Å². The van der Waals surface area contributed by atoms with Crippen molar-refractivity contribution in [1.82, 2.24) is 14.7 Å². The van der Waals surface area contributed by atoms with E-state index in [-0.39, 0.29) is 6.61 Å². The van der Waals surface area contributed by atoms with Crippen LogP contribution in [0.1, 0.15) is 5.69 Å². The second-order valence-electron chi connectivity index (χ2n) is 4.69. The maximum Gasteiger partial charge on any atom is 0.404 e. The molecule has 0 saturated carbocycles. The Labute approximate surface area is 116 Å². The van der Waals surface area contributed by atoms with Gasteiger partial charge in [-0.3, -0.25) is 4.40 Å². The molecule has 20 heavy (non-hydrogen) atoms. The molecule has 0 unspecified atom stereocenters. The van der Waals surface area contributed by atoms with Gasteiger partial charge in [0.15, 0.2) is 0 Å². The maximum atomic E-state index is 10.7. The Morgan fingerprint density at radius 1 is 1.40 bits per heavy atom. The van der Waals surface area contributed by atoms with E-state index in [0.717, 1.165) is 37.6 Å². The van der Waals surface area contributed by atoms with E-state index in [4.69, 9.17) is 10.5 Å². The molecule has 1 aliphatic heterocycles. The molecule has 0 bridgehead atoms. The van der Waals surface area contributed by atoms with Gasteiger partial charge in [-0.1, -0.05) is 6.07 Å². The second kappa shape index (κ2) is 5.38. The third-order valence-electron chi connectivity index (χ3n) is 3.32. The molecular formula is C13H17N5O2. The second-order valence-corrected chi connectivity index (χ2v) is 4.69. The van der Waals surface area contributed by atoms with Crippen molar-refractivity contribution in [1.29, 1.82) is 0 Å². The Hall–Kier alpha value is -2.28. The molecule has 1 aliphatic rings. The average Bonchev–Trinajstić information content (AvgIpc) is 2.89. The summed E-state index contributed by atoms with van der Waals surface area (Å²) in [5, 5.41) is 3.33. The predicted octanol–water partition coefficient (Wildman–Crippen LogP) is 0.339. The van der Waals surface area contributed by atoms with Crippen molar-refractivity contribution in [3.63, 3.8) is 0 Å². The van der Waals surface area contributed by atoms with E-state index in [1.165, 1.54) is 0 Å². The lowest BCUT2D eigenvalue weighted by Crippen LogP contribution is -2.44. The molecule has 3 rings (SSSR count). The minimum Gasteiger partial charge on any atom is -0.443 e. The summed E-state index contributed by atoms with van der Waals surface area (Å²) in [6, 6.07) is 5.98. The molecule has 7 heteroatoms. The molecule has 1 saturated heterocycles. The van der Waals surface area contributed by atoms with E-state index >= 15 is 0 Å². The van der Waals surface area contributed by atoms with Gasteiger partial charge in [0, 0.05) is 32.4 Å². The summed E-state index contributed by atoms with van der Waals surface area (Å²) in [5.41, 5.74) is 6.49. The number of nitrogens with zero attached hydrogens (tertiary/aromatic N) is 3. The Kier molecular flexibility index (Phi) is 3.42. The highest BCUT2D eigenvalue weighted by molar-refractivity contribution is 5.64. The van der Waals surface area contributed by atoms with Gasteiger partial charge in [0.1, 0.15) is 18.1 Å². The van der Waals surface area contributed by atoms with Gasteiger partial charge in [0.05, 0.1) is 5.69 Å². The van der Waals surface area contributed by atoms with Gasteiger partial charge < -0.3 is 20.7 Å². The number of nitrogens with one attached hydrogen (secondary N) is 1. The van der Waals surface area contributed by atoms with Gasteiger partial charge in [0.25, 0.3) is 0 Å². The molecule has 2 aromatic heterocycles. The van der Waals surface area contributed by atoms with Gasteiger partial charge in [0.2, 0.25) is 0 Å². The molecule has 2 aromatic rings. The van der Waals surface area contributed by atoms with Crippen LogP contribution in [0.15, 0.2) is 24.4 Å². The first-order chi connectivity index (χ1) is 9.74. The number of nitrogens with two attached hydrogens (primary N) is 1. The van der Waals surface area contributed by atoms with Crippen LogP contribution in [0.4, 0.5) is 10.6 Å². The maximum absolute atomic E-state index is 10.7. The number of primary amides is 1. The first-order valence-electron chi connectivity index (χ1n) is 6.59. The summed E-state index contributed by atoms with van der Waals surface area (Å²) in [5.74, 6) is 1.10. The quantitative estimate of drug-likeness (QED) is 0.843. The number of carbonyl (C=O) groups is 1. The number of hydrogen-bond acceptors (Lipinski definition) is 5. The number of piperazine rings is 1. The number of fused-ring (bicyclic) bond motifs is 1. The van der Waals surface area contributed by atoms with Gasteiger partial charge in [-0.05, 0) is 12.1 Å². The lowest BCUT2D eigenvalue weighted by atomic mass is 10.3. The number of pyridine rings is 1. The van der Waals surface area contributed by atoms with Crippen LogP contribution >= 0.6 is 0 Å². The fourth-order valence-electron chi connectivity index (χ4n) is 2.41. The molecule has 1 fully saturated rings. The van der Waals surface area contributed by atoms with Crippen LogP contribution < -0.4 is 16.0 Å². The van der Waals surface area contributed by atoms with Gasteiger partial charge in [-0.25, -0.2) is 9.78 Å². The van der Waals surface area contributed by atoms with Crippen LogP contribution in [0, 0.1) is 0 Å². The monoisotopic (exact) mass is 275 g/mol. The van der Waals surface area contributed by atoms with Crippen molar-refractivity contribution in [3.8, 4) is 0 Å². The Bertz CT molecular complexity index is 618. The molecule has 0 spiro atoms. The van der Waals surface area contributed by atoms with Crippen molar-refractivity contribution in [2.45, 2.75) is 6.61 Å². The third kappa shape index (κ3) is 2.53. The first-order valence-corrected chi connectivity index (χ1v) is 6.59. The Morgan fingerprint density at radius 3 is 2.95 bits per heavy atom. The number of ether oxygens (including phenoxy) is 1. The van der Waals surface area contributed by atoms with Gasteiger partial charge >= 0.3 is 6.09 Å². The van der Waals surface area contributed by atoms with Crippen molar-refractivity contribution >= 4 is 17.6 Å². The Morgan fingerprint density at radius 2 is 2.20 bits per heavy atom. The smallest absolute Gasteiger partial charge is 0.404 e. The van der Waals surface area contributed by atoms with Crippen LogP contribution in [0.2, 0.25) is 0 Å². The van der Waals surface area contributed by atoms with Crippen molar-refractivity contribution < 1.29 is 9.53 Å². The third-order valence-corrected chi connectivity index (χ3v) is 3.32. The highest BCUT2D eigenvalue weighted by atomic mass is 16.5. The first kappa shape index (κ1) is 12.7. The zero-order valence-corrected chi connectivity index (χ0v) is 11.1. The number of imidazole rings is 1. The van der Waals surface area contributed by atoms with E-state index in [1.807, 2.05) is 22.7 Å². The molecule has 3 heterocycles. The van der Waals surface area contributed by atoms with Crippen LogP contribution in [0.3, 0.4) is 0 Å². The standard InChI is InChI=1S/C13H17N5O2/c14-13(19)20-9-10-8-18-11(16-10)2-1-3-12(18)17-6-4-15-5-7-17/h1-3,8,15H,4-7,9H2,(H2,14,19). The molecule has 0 aliphatic carbocycles. The summed E-state index contributed by atoms with van der Waals surface area (Å²) in [7, 11) is 0. The number of carbonyl (C=O) groups excluding carboxylic acids is 1. The number of aromatic nitrogens is 2. The number of hydrogen-bond donors (Lipinski definition) is 2. The highest BCUT2D eigenvalue weighted by Crippen LogP contribution is 2.18. The molecule has 0 atom stereocenters. The molecule has 1 amide bonds. The number of amides is 1. The van der Waals surface area contributed by atoms with Crippen molar-refractivity contribution in [2.75, 3.05) is 31.1 Å². The van der Waals surface area contributed by atoms with E-state index in [1.54, 1.807) is 0 Å². The largest absolute Gasteiger partial charge is 0.443 e. The van der Waals surface area contributed by atoms with E-state index in [0.29, 0.717) is 5.69 Å².